The van der Waals surface area contributed by atoms with Gasteiger partial charge >= 0.3 is 5.97 Å². The summed E-state index contributed by atoms with van der Waals surface area (Å²) in [5, 5.41) is 11.8. The monoisotopic (exact) mass is 374 g/mol. The van der Waals surface area contributed by atoms with Gasteiger partial charge in [-0.25, -0.2) is 4.79 Å². The number of amides is 1. The van der Waals surface area contributed by atoms with Crippen LogP contribution in [-0.4, -0.2) is 22.0 Å². The Morgan fingerprint density at radius 2 is 1.64 bits per heavy atom. The number of carbonyl (C=O) groups is 2. The minimum absolute atomic E-state index is 0.209. The first-order valence-electron chi connectivity index (χ1n) is 8.55. The molecule has 1 aromatic heterocycles. The fourth-order valence-corrected chi connectivity index (χ4v) is 2.41. The molecule has 0 radical (unpaired) electrons. The lowest BCUT2D eigenvalue weighted by molar-refractivity contribution is -0.132. The third-order valence-electron chi connectivity index (χ3n) is 3.86. The van der Waals surface area contributed by atoms with Crippen molar-refractivity contribution in [1.29, 1.82) is 0 Å². The van der Waals surface area contributed by atoms with Crippen molar-refractivity contribution in [3.8, 4) is 5.75 Å². The molecule has 0 saturated carbocycles. The highest BCUT2D eigenvalue weighted by Gasteiger charge is 2.13. The Kier molecular flexibility index (Phi) is 6.15. The predicted octanol–water partition coefficient (Wildman–Crippen LogP) is 3.52. The van der Waals surface area contributed by atoms with Crippen LogP contribution in [0.1, 0.15) is 21.5 Å². The number of rotatable bonds is 7. The number of benzene rings is 2. The number of pyridine rings is 1. The number of aliphatic carboxylic acids is 1. The summed E-state index contributed by atoms with van der Waals surface area (Å²) in [6.07, 6.45) is 4.79. The van der Waals surface area contributed by atoms with Crippen LogP contribution in [0.25, 0.3) is 6.08 Å². The van der Waals surface area contributed by atoms with Gasteiger partial charge in [-0.1, -0.05) is 30.3 Å². The van der Waals surface area contributed by atoms with E-state index in [0.717, 1.165) is 5.56 Å². The van der Waals surface area contributed by atoms with Gasteiger partial charge in [0, 0.05) is 18.0 Å². The molecule has 0 saturated heterocycles. The maximum atomic E-state index is 12.2. The molecule has 0 spiro atoms. The quantitative estimate of drug-likeness (QED) is 0.618. The van der Waals surface area contributed by atoms with Gasteiger partial charge in [0.2, 0.25) is 0 Å². The van der Waals surface area contributed by atoms with Gasteiger partial charge in [0.25, 0.3) is 5.91 Å². The van der Waals surface area contributed by atoms with E-state index in [1.165, 1.54) is 6.08 Å². The molecule has 6 heteroatoms. The number of nitrogens with one attached hydrogen (secondary N) is 1. The molecule has 3 rings (SSSR count). The minimum Gasteiger partial charge on any atom is -0.489 e. The topological polar surface area (TPSA) is 88.5 Å². The van der Waals surface area contributed by atoms with Crippen LogP contribution in [0.3, 0.4) is 0 Å². The van der Waals surface area contributed by atoms with Crippen molar-refractivity contribution in [2.45, 2.75) is 6.61 Å². The van der Waals surface area contributed by atoms with E-state index >= 15 is 0 Å². The molecule has 1 heterocycles. The molecule has 2 aromatic carbocycles. The van der Waals surface area contributed by atoms with Crippen molar-refractivity contribution in [3.05, 3.63) is 102 Å². The number of carbonyl (C=O) groups excluding carboxylic acids is 1. The summed E-state index contributed by atoms with van der Waals surface area (Å²) in [7, 11) is 0. The lowest BCUT2D eigenvalue weighted by atomic mass is 10.1. The highest BCUT2D eigenvalue weighted by molar-refractivity contribution is 6.02. The summed E-state index contributed by atoms with van der Waals surface area (Å²) < 4.78 is 5.69. The molecule has 6 nitrogen and oxygen atoms in total. The molecular formula is C22H18N2O4. The van der Waals surface area contributed by atoms with Gasteiger partial charge in [0.05, 0.1) is 0 Å². The normalized spacial score (nSPS) is 10.9. The van der Waals surface area contributed by atoms with Gasteiger partial charge in [0.1, 0.15) is 18.1 Å². The Morgan fingerprint density at radius 3 is 2.29 bits per heavy atom. The highest BCUT2D eigenvalue weighted by atomic mass is 16.5. The second-order valence-corrected chi connectivity index (χ2v) is 5.90. The first-order chi connectivity index (χ1) is 13.6. The van der Waals surface area contributed by atoms with Crippen LogP contribution in [0.5, 0.6) is 5.75 Å². The molecule has 28 heavy (non-hydrogen) atoms. The number of aromatic nitrogens is 1. The average Bonchev–Trinajstić information content (AvgIpc) is 2.74. The van der Waals surface area contributed by atoms with E-state index in [4.69, 9.17) is 4.74 Å². The summed E-state index contributed by atoms with van der Waals surface area (Å²) in [6, 6.07) is 19.1. The molecule has 0 unspecified atom stereocenters. The Hall–Kier alpha value is -3.93. The SMILES string of the molecule is O=C(O)/C(=C/c1ccc(OCc2ccncc2)cc1)NC(=O)c1ccccc1. The molecule has 0 aliphatic heterocycles. The summed E-state index contributed by atoms with van der Waals surface area (Å²) >= 11 is 0. The van der Waals surface area contributed by atoms with Crippen molar-refractivity contribution in [3.63, 3.8) is 0 Å². The van der Waals surface area contributed by atoms with Crippen LogP contribution in [0.4, 0.5) is 0 Å². The standard InChI is InChI=1S/C22H18N2O4/c25-21(18-4-2-1-3-5-18)24-20(22(26)27)14-16-6-8-19(9-7-16)28-15-17-10-12-23-13-11-17/h1-14H,15H2,(H,24,25)(H,26,27)/b20-14-. The highest BCUT2D eigenvalue weighted by Crippen LogP contribution is 2.16. The molecule has 0 atom stereocenters. The van der Waals surface area contributed by atoms with Crippen molar-refractivity contribution in [2.75, 3.05) is 0 Å². The van der Waals surface area contributed by atoms with Crippen molar-refractivity contribution >= 4 is 18.0 Å². The van der Waals surface area contributed by atoms with E-state index in [1.54, 1.807) is 67.0 Å². The molecule has 140 valence electrons. The van der Waals surface area contributed by atoms with Gasteiger partial charge in [-0.2, -0.15) is 0 Å². The van der Waals surface area contributed by atoms with Gasteiger partial charge in [-0.05, 0) is 53.6 Å². The lowest BCUT2D eigenvalue weighted by Gasteiger charge is -2.08. The van der Waals surface area contributed by atoms with Crippen LogP contribution in [-0.2, 0) is 11.4 Å². The van der Waals surface area contributed by atoms with Crippen LogP contribution in [0, 0.1) is 0 Å². The Bertz CT molecular complexity index is 968. The zero-order chi connectivity index (χ0) is 19.8. The second kappa shape index (κ2) is 9.14. The lowest BCUT2D eigenvalue weighted by Crippen LogP contribution is -2.27. The van der Waals surface area contributed by atoms with Gasteiger partial charge in [-0.15, -0.1) is 0 Å². The van der Waals surface area contributed by atoms with E-state index in [1.807, 2.05) is 12.1 Å². The van der Waals surface area contributed by atoms with E-state index in [9.17, 15) is 14.7 Å². The number of nitrogens with zero attached hydrogens (tertiary/aromatic N) is 1. The first-order valence-corrected chi connectivity index (χ1v) is 8.55. The number of carboxylic acid groups (broad SMARTS) is 1. The molecule has 0 aliphatic rings. The summed E-state index contributed by atoms with van der Waals surface area (Å²) in [5.41, 5.74) is 1.80. The molecule has 0 bridgehead atoms. The molecule has 2 N–H and O–H groups in total. The zero-order valence-corrected chi connectivity index (χ0v) is 14.9. The largest absolute Gasteiger partial charge is 0.489 e. The number of hydrogen-bond acceptors (Lipinski definition) is 4. The van der Waals surface area contributed by atoms with Crippen LogP contribution in [0.15, 0.2) is 84.8 Å². The molecular weight excluding hydrogens is 356 g/mol. The first kappa shape index (κ1) is 18.8. The molecule has 1 amide bonds. The van der Waals surface area contributed by atoms with Gasteiger partial charge in [0.15, 0.2) is 0 Å². The molecule has 0 aliphatic carbocycles. The van der Waals surface area contributed by atoms with Crippen LogP contribution >= 0.6 is 0 Å². The summed E-state index contributed by atoms with van der Waals surface area (Å²) in [6.45, 7) is 0.408. The smallest absolute Gasteiger partial charge is 0.352 e. The number of carboxylic acids is 1. The van der Waals surface area contributed by atoms with Crippen molar-refractivity contribution in [2.24, 2.45) is 0 Å². The predicted molar refractivity (Wildman–Crippen MR) is 105 cm³/mol. The van der Waals surface area contributed by atoms with Gasteiger partial charge in [-0.3, -0.25) is 9.78 Å². The summed E-state index contributed by atoms with van der Waals surface area (Å²) in [4.78, 5) is 27.6. The Balaban J connectivity index is 1.67. The van der Waals surface area contributed by atoms with E-state index in [2.05, 4.69) is 10.3 Å². The second-order valence-electron chi connectivity index (χ2n) is 5.90. The maximum Gasteiger partial charge on any atom is 0.352 e. The zero-order valence-electron chi connectivity index (χ0n) is 14.9. The molecule has 3 aromatic rings. The van der Waals surface area contributed by atoms with Crippen LogP contribution < -0.4 is 10.1 Å². The Morgan fingerprint density at radius 1 is 0.964 bits per heavy atom. The average molecular weight is 374 g/mol. The Labute approximate surface area is 162 Å². The minimum atomic E-state index is -1.22. The van der Waals surface area contributed by atoms with Crippen molar-refractivity contribution < 1.29 is 19.4 Å². The third kappa shape index (κ3) is 5.28. The number of ether oxygens (including phenoxy) is 1. The summed E-state index contributed by atoms with van der Waals surface area (Å²) in [5.74, 6) is -1.05. The third-order valence-corrected chi connectivity index (χ3v) is 3.86. The van der Waals surface area contributed by atoms with Crippen LogP contribution in [0.2, 0.25) is 0 Å². The van der Waals surface area contributed by atoms with Gasteiger partial charge < -0.3 is 15.2 Å². The molecule has 0 fully saturated rings. The number of hydrogen-bond donors (Lipinski definition) is 2. The van der Waals surface area contributed by atoms with E-state index in [-0.39, 0.29) is 5.70 Å². The maximum absolute atomic E-state index is 12.2. The fraction of sp³-hybridized carbons (Fsp3) is 0.0455. The van der Waals surface area contributed by atoms with Crippen molar-refractivity contribution in [1.82, 2.24) is 10.3 Å². The van der Waals surface area contributed by atoms with E-state index < -0.39 is 11.9 Å². The fourth-order valence-electron chi connectivity index (χ4n) is 2.41. The van der Waals surface area contributed by atoms with E-state index in [0.29, 0.717) is 23.5 Å².